The highest BCUT2D eigenvalue weighted by Crippen LogP contribution is 2.31. The number of fused-ring (bicyclic) bond motifs is 1. The third kappa shape index (κ3) is 5.67. The van der Waals surface area contributed by atoms with Crippen LogP contribution in [0.4, 0.5) is 14.5 Å². The largest absolute Gasteiger partial charge is 0.483 e. The van der Waals surface area contributed by atoms with Crippen LogP contribution in [0, 0.1) is 23.5 Å². The van der Waals surface area contributed by atoms with Crippen LogP contribution in [0.25, 0.3) is 10.2 Å². The number of rotatable bonds is 9. The SMILES string of the molecule is Cc1ccc(CN(C)CN[N+](=O)c2c(F)ccc(OCc3nc4cc(Cl)ccc4s3)c2F)cc1. The number of thiazole rings is 1. The molecule has 0 fully saturated rings. The number of nitroso groups, excluding NO2 is 1. The van der Waals surface area contributed by atoms with Crippen molar-refractivity contribution in [2.75, 3.05) is 13.7 Å². The topological polar surface area (TPSA) is 57.5 Å². The lowest BCUT2D eigenvalue weighted by atomic mass is 10.1. The van der Waals surface area contributed by atoms with Gasteiger partial charge >= 0.3 is 5.69 Å². The number of nitrogens with zero attached hydrogens (tertiary/aromatic N) is 3. The maximum atomic E-state index is 15.0. The average Bonchev–Trinajstić information content (AvgIpc) is 3.20. The minimum atomic E-state index is -1.09. The summed E-state index contributed by atoms with van der Waals surface area (Å²) in [5.41, 5.74) is 4.63. The quantitative estimate of drug-likeness (QED) is 0.169. The molecule has 3 aromatic carbocycles. The van der Waals surface area contributed by atoms with Crippen molar-refractivity contribution in [2.24, 2.45) is 0 Å². The second kappa shape index (κ2) is 10.4. The molecule has 176 valence electrons. The van der Waals surface area contributed by atoms with Crippen LogP contribution in [0.1, 0.15) is 16.1 Å². The van der Waals surface area contributed by atoms with Crippen LogP contribution in [0.5, 0.6) is 5.75 Å². The van der Waals surface area contributed by atoms with E-state index in [1.807, 2.05) is 42.2 Å². The first kappa shape index (κ1) is 24.0. The van der Waals surface area contributed by atoms with Gasteiger partial charge < -0.3 is 4.74 Å². The third-order valence-corrected chi connectivity index (χ3v) is 6.28. The zero-order chi connectivity index (χ0) is 24.2. The van der Waals surface area contributed by atoms with Crippen LogP contribution in [-0.2, 0) is 13.2 Å². The summed E-state index contributed by atoms with van der Waals surface area (Å²) in [5, 5.41) is 1.16. The Labute approximate surface area is 204 Å². The number of hydrazine groups is 1. The molecule has 1 heterocycles. The zero-order valence-electron chi connectivity index (χ0n) is 18.5. The molecule has 0 bridgehead atoms. The summed E-state index contributed by atoms with van der Waals surface area (Å²) in [6, 6.07) is 15.4. The predicted molar refractivity (Wildman–Crippen MR) is 129 cm³/mol. The molecule has 0 saturated heterocycles. The first-order chi connectivity index (χ1) is 16.3. The molecule has 0 aliphatic rings. The number of ether oxygens (including phenoxy) is 1. The molecule has 0 atom stereocenters. The van der Waals surface area contributed by atoms with Crippen LogP contribution in [0.2, 0.25) is 5.02 Å². The summed E-state index contributed by atoms with van der Waals surface area (Å²) >= 11 is 7.36. The van der Waals surface area contributed by atoms with Gasteiger partial charge in [0, 0.05) is 11.6 Å². The number of aryl methyl sites for hydroxylation is 1. The maximum Gasteiger partial charge on any atom is 0.366 e. The van der Waals surface area contributed by atoms with Gasteiger partial charge in [-0.25, -0.2) is 4.98 Å². The van der Waals surface area contributed by atoms with E-state index in [4.69, 9.17) is 16.3 Å². The van der Waals surface area contributed by atoms with Crippen molar-refractivity contribution in [3.8, 4) is 5.75 Å². The molecule has 6 nitrogen and oxygen atoms in total. The molecule has 4 aromatic rings. The molecular weight excluding hydrogens is 482 g/mol. The summed E-state index contributed by atoms with van der Waals surface area (Å²) < 4.78 is 35.7. The molecule has 0 radical (unpaired) electrons. The number of hydrogen-bond donors (Lipinski definition) is 1. The van der Waals surface area contributed by atoms with Crippen LogP contribution in [0.15, 0.2) is 54.6 Å². The molecular formula is C24H22ClF2N4O2S+. The standard InChI is InChI=1S/C24H22ClF2N4O2S/c1-15-3-5-16(6-4-15)12-30(2)14-28-31(32)24-18(26)8-9-20(23(24)27)33-13-22-29-19-11-17(25)7-10-21(19)34-22/h3-11H,12-14H2,1-2H3,(H,28,32)/q+1. The van der Waals surface area contributed by atoms with E-state index in [1.54, 1.807) is 19.2 Å². The van der Waals surface area contributed by atoms with Gasteiger partial charge in [-0.1, -0.05) is 41.4 Å². The highest BCUT2D eigenvalue weighted by atomic mass is 35.5. The molecule has 0 amide bonds. The van der Waals surface area contributed by atoms with Crippen LogP contribution < -0.4 is 10.2 Å². The second-order valence-corrected chi connectivity index (χ2v) is 9.38. The van der Waals surface area contributed by atoms with E-state index in [0.717, 1.165) is 28.0 Å². The summed E-state index contributed by atoms with van der Waals surface area (Å²) in [6.45, 7) is 2.60. The Kier molecular flexibility index (Phi) is 7.35. The lowest BCUT2D eigenvalue weighted by Gasteiger charge is -2.14. The molecule has 0 spiro atoms. The van der Waals surface area contributed by atoms with Crippen LogP contribution in [-0.4, -0.2) is 28.5 Å². The van der Waals surface area contributed by atoms with Gasteiger partial charge in [0.25, 0.3) is 0 Å². The first-order valence-corrected chi connectivity index (χ1v) is 11.6. The number of aromatic nitrogens is 1. The van der Waals surface area contributed by atoms with E-state index in [2.05, 4.69) is 10.4 Å². The average molecular weight is 504 g/mol. The van der Waals surface area contributed by atoms with E-state index in [9.17, 15) is 13.7 Å². The van der Waals surface area contributed by atoms with Crippen molar-refractivity contribution >= 4 is 38.8 Å². The van der Waals surface area contributed by atoms with Gasteiger partial charge in [-0.05, 0) is 49.9 Å². The summed E-state index contributed by atoms with van der Waals surface area (Å²) in [6.07, 6.45) is 0. The minimum Gasteiger partial charge on any atom is -0.483 e. The molecule has 4 rings (SSSR count). The van der Waals surface area contributed by atoms with E-state index in [0.29, 0.717) is 22.1 Å². The van der Waals surface area contributed by atoms with Crippen LogP contribution in [0.3, 0.4) is 0 Å². The Bertz CT molecular complexity index is 1330. The van der Waals surface area contributed by atoms with Crippen molar-refractivity contribution in [1.82, 2.24) is 15.3 Å². The van der Waals surface area contributed by atoms with Crippen molar-refractivity contribution in [3.05, 3.63) is 92.3 Å². The van der Waals surface area contributed by atoms with E-state index in [1.165, 1.54) is 11.3 Å². The summed E-state index contributed by atoms with van der Waals surface area (Å²) in [4.78, 5) is 18.8. The minimum absolute atomic E-state index is 0.0372. The highest BCUT2D eigenvalue weighted by molar-refractivity contribution is 7.18. The number of benzene rings is 3. The summed E-state index contributed by atoms with van der Waals surface area (Å²) in [7, 11) is 1.79. The fraction of sp³-hybridized carbons (Fsp3) is 0.208. The molecule has 10 heteroatoms. The van der Waals surface area contributed by atoms with E-state index >= 15 is 0 Å². The number of hydrogen-bond acceptors (Lipinski definition) is 5. The molecule has 0 saturated carbocycles. The third-order valence-electron chi connectivity index (χ3n) is 5.04. The van der Waals surface area contributed by atoms with Crippen molar-refractivity contribution in [1.29, 1.82) is 0 Å². The Balaban J connectivity index is 1.40. The highest BCUT2D eigenvalue weighted by Gasteiger charge is 2.30. The fourth-order valence-electron chi connectivity index (χ4n) is 3.29. The number of nitrogens with one attached hydrogen (secondary N) is 1. The fourth-order valence-corrected chi connectivity index (χ4v) is 4.32. The molecule has 0 aliphatic carbocycles. The monoisotopic (exact) mass is 503 g/mol. The summed E-state index contributed by atoms with van der Waals surface area (Å²) in [5.74, 6) is -2.33. The maximum absolute atomic E-state index is 15.0. The Morgan fingerprint density at radius 3 is 2.68 bits per heavy atom. The lowest BCUT2D eigenvalue weighted by Crippen LogP contribution is -2.35. The molecule has 0 aliphatic heterocycles. The molecule has 0 unspecified atom stereocenters. The number of halogens is 3. The molecule has 1 N–H and O–H groups in total. The van der Waals surface area contributed by atoms with Crippen molar-refractivity contribution < 1.29 is 18.4 Å². The Hall–Kier alpha value is -3.14. The predicted octanol–water partition coefficient (Wildman–Crippen LogP) is 6.12. The van der Waals surface area contributed by atoms with Gasteiger partial charge in [0.15, 0.2) is 10.6 Å². The van der Waals surface area contributed by atoms with Gasteiger partial charge in [-0.2, -0.15) is 8.78 Å². The normalized spacial score (nSPS) is 11.2. The van der Waals surface area contributed by atoms with Gasteiger partial charge in [-0.3, -0.25) is 4.90 Å². The first-order valence-electron chi connectivity index (χ1n) is 10.4. The van der Waals surface area contributed by atoms with Crippen molar-refractivity contribution in [3.63, 3.8) is 0 Å². The molecule has 1 aromatic heterocycles. The molecule has 34 heavy (non-hydrogen) atoms. The van der Waals surface area contributed by atoms with Crippen molar-refractivity contribution in [2.45, 2.75) is 20.1 Å². The lowest BCUT2D eigenvalue weighted by molar-refractivity contribution is -0.535. The van der Waals surface area contributed by atoms with E-state index in [-0.39, 0.29) is 23.9 Å². The van der Waals surface area contributed by atoms with Gasteiger partial charge in [0.05, 0.1) is 15.1 Å². The smallest absolute Gasteiger partial charge is 0.366 e. The van der Waals surface area contributed by atoms with E-state index < -0.39 is 17.3 Å². The van der Waals surface area contributed by atoms with Gasteiger partial charge in [0.2, 0.25) is 11.6 Å². The Morgan fingerprint density at radius 2 is 1.91 bits per heavy atom. The second-order valence-electron chi connectivity index (χ2n) is 7.83. The Morgan fingerprint density at radius 1 is 1.15 bits per heavy atom. The van der Waals surface area contributed by atoms with Gasteiger partial charge in [-0.15, -0.1) is 16.8 Å². The van der Waals surface area contributed by atoms with Crippen LogP contribution >= 0.6 is 22.9 Å². The zero-order valence-corrected chi connectivity index (χ0v) is 20.1. The van der Waals surface area contributed by atoms with Gasteiger partial charge in [0.1, 0.15) is 18.3 Å².